The van der Waals surface area contributed by atoms with Gasteiger partial charge in [-0.25, -0.2) is 9.89 Å². The van der Waals surface area contributed by atoms with Gasteiger partial charge in [-0.1, -0.05) is 30.0 Å². The van der Waals surface area contributed by atoms with Crippen molar-refractivity contribution in [3.05, 3.63) is 56.7 Å². The summed E-state index contributed by atoms with van der Waals surface area (Å²) in [6.45, 7) is 1.24. The van der Waals surface area contributed by atoms with Gasteiger partial charge in [-0.3, -0.25) is 9.36 Å². The summed E-state index contributed by atoms with van der Waals surface area (Å²) >= 11 is 1.39. The first-order valence-corrected chi connectivity index (χ1v) is 9.59. The molecule has 1 saturated heterocycles. The molecule has 0 bridgehead atoms. The average molecular weight is 372 g/mol. The predicted molar refractivity (Wildman–Crippen MR) is 101 cm³/mol. The average Bonchev–Trinajstić information content (AvgIpc) is 3.28. The zero-order valence-corrected chi connectivity index (χ0v) is 15.3. The summed E-state index contributed by atoms with van der Waals surface area (Å²) in [7, 11) is 1.78. The van der Waals surface area contributed by atoms with E-state index in [1.807, 2.05) is 30.3 Å². The lowest BCUT2D eigenvalue weighted by Gasteiger charge is -2.11. The molecule has 1 N–H and O–H groups in total. The molecule has 1 unspecified atom stereocenters. The van der Waals surface area contributed by atoms with Crippen molar-refractivity contribution in [2.45, 2.75) is 36.4 Å². The van der Waals surface area contributed by atoms with Crippen LogP contribution >= 0.6 is 11.8 Å². The van der Waals surface area contributed by atoms with Crippen LogP contribution in [0.5, 0.6) is 0 Å². The lowest BCUT2D eigenvalue weighted by Crippen LogP contribution is -2.25. The molecule has 0 spiro atoms. The monoisotopic (exact) mass is 372 g/mol. The third kappa shape index (κ3) is 3.22. The van der Waals surface area contributed by atoms with Crippen LogP contribution in [0.3, 0.4) is 0 Å². The Balaban J connectivity index is 1.58. The van der Waals surface area contributed by atoms with Gasteiger partial charge in [0.2, 0.25) is 0 Å². The molecule has 8 heteroatoms. The van der Waals surface area contributed by atoms with Gasteiger partial charge in [0.1, 0.15) is 0 Å². The van der Waals surface area contributed by atoms with E-state index in [1.54, 1.807) is 16.2 Å². The van der Waals surface area contributed by atoms with E-state index in [4.69, 9.17) is 4.74 Å². The molecule has 4 rings (SSSR count). The molecular formula is C18H20N4O3S. The van der Waals surface area contributed by atoms with E-state index in [9.17, 15) is 9.59 Å². The summed E-state index contributed by atoms with van der Waals surface area (Å²) < 4.78 is 8.88. The maximum Gasteiger partial charge on any atom is 0.344 e. The number of para-hydroxylation sites is 1. The summed E-state index contributed by atoms with van der Waals surface area (Å²) in [6, 6.07) is 9.71. The summed E-state index contributed by atoms with van der Waals surface area (Å²) in [5.74, 6) is 0.452. The zero-order chi connectivity index (χ0) is 18.1. The highest BCUT2D eigenvalue weighted by molar-refractivity contribution is 7.98. The molecule has 1 fully saturated rings. The Kier molecular flexibility index (Phi) is 4.69. The van der Waals surface area contributed by atoms with Gasteiger partial charge in [0.25, 0.3) is 5.56 Å². The topological polar surface area (TPSA) is 81.9 Å². The first-order valence-electron chi connectivity index (χ1n) is 8.61. The number of hydrogen-bond acceptors (Lipinski definition) is 5. The molecule has 3 heterocycles. The lowest BCUT2D eigenvalue weighted by atomic mass is 10.1. The fourth-order valence-electron chi connectivity index (χ4n) is 3.30. The number of rotatable bonds is 5. The molecule has 1 aliphatic rings. The third-order valence-corrected chi connectivity index (χ3v) is 5.72. The van der Waals surface area contributed by atoms with Crippen LogP contribution in [0.25, 0.3) is 10.9 Å². The number of aromatic nitrogens is 4. The lowest BCUT2D eigenvalue weighted by molar-refractivity contribution is 0.0941. The number of nitrogens with zero attached hydrogens (tertiary/aromatic N) is 3. The fraction of sp³-hybridized carbons (Fsp3) is 0.389. The number of thioether (sulfide) groups is 1. The number of fused-ring (bicyclic) bond motifs is 1. The van der Waals surface area contributed by atoms with Crippen LogP contribution in [-0.2, 0) is 24.1 Å². The van der Waals surface area contributed by atoms with E-state index in [2.05, 4.69) is 10.2 Å². The Hall–Kier alpha value is -2.32. The number of pyridine rings is 1. The molecule has 0 saturated carbocycles. The van der Waals surface area contributed by atoms with Crippen LogP contribution < -0.4 is 11.2 Å². The van der Waals surface area contributed by atoms with Crippen molar-refractivity contribution in [1.82, 2.24) is 19.3 Å². The van der Waals surface area contributed by atoms with Crippen molar-refractivity contribution in [2.24, 2.45) is 7.05 Å². The second-order valence-corrected chi connectivity index (χ2v) is 7.38. The van der Waals surface area contributed by atoms with E-state index in [0.717, 1.165) is 30.4 Å². The zero-order valence-electron chi connectivity index (χ0n) is 14.5. The Morgan fingerprint density at radius 1 is 1.35 bits per heavy atom. The van der Waals surface area contributed by atoms with Crippen molar-refractivity contribution in [3.8, 4) is 0 Å². The molecule has 1 atom stereocenters. The van der Waals surface area contributed by atoms with Crippen molar-refractivity contribution in [1.29, 1.82) is 0 Å². The van der Waals surface area contributed by atoms with Gasteiger partial charge < -0.3 is 9.30 Å². The molecule has 0 radical (unpaired) electrons. The Bertz CT molecular complexity index is 1050. The van der Waals surface area contributed by atoms with Gasteiger partial charge in [0.15, 0.2) is 5.16 Å². The van der Waals surface area contributed by atoms with Crippen molar-refractivity contribution >= 4 is 22.7 Å². The first kappa shape index (κ1) is 17.1. The predicted octanol–water partition coefficient (Wildman–Crippen LogP) is 1.89. The van der Waals surface area contributed by atoms with Gasteiger partial charge in [0, 0.05) is 25.0 Å². The van der Waals surface area contributed by atoms with Crippen LogP contribution in [0.15, 0.2) is 45.1 Å². The van der Waals surface area contributed by atoms with Gasteiger partial charge in [-0.2, -0.15) is 0 Å². The van der Waals surface area contributed by atoms with E-state index < -0.39 is 0 Å². The second kappa shape index (κ2) is 7.13. The highest BCUT2D eigenvalue weighted by Crippen LogP contribution is 2.22. The minimum Gasteiger partial charge on any atom is -0.376 e. The summed E-state index contributed by atoms with van der Waals surface area (Å²) in [5.41, 5.74) is 1.32. The maximum absolute atomic E-state index is 12.6. The van der Waals surface area contributed by atoms with Crippen LogP contribution in [0.2, 0.25) is 0 Å². The maximum atomic E-state index is 12.6. The molecule has 0 amide bonds. The number of aryl methyl sites for hydroxylation is 1. The van der Waals surface area contributed by atoms with Gasteiger partial charge in [-0.15, -0.1) is 5.10 Å². The number of ether oxygens (including phenoxy) is 1. The highest BCUT2D eigenvalue weighted by Gasteiger charge is 2.20. The minimum atomic E-state index is -0.241. The number of hydrogen-bond donors (Lipinski definition) is 1. The second-order valence-electron chi connectivity index (χ2n) is 6.44. The van der Waals surface area contributed by atoms with Crippen molar-refractivity contribution < 1.29 is 4.74 Å². The highest BCUT2D eigenvalue weighted by atomic mass is 32.2. The van der Waals surface area contributed by atoms with Crippen LogP contribution in [0.4, 0.5) is 0 Å². The quantitative estimate of drug-likeness (QED) is 0.692. The number of benzene rings is 1. The number of H-pyrrole nitrogens is 1. The van der Waals surface area contributed by atoms with E-state index in [1.165, 1.54) is 11.8 Å². The van der Waals surface area contributed by atoms with Gasteiger partial charge >= 0.3 is 5.69 Å². The number of aromatic amines is 1. The van der Waals surface area contributed by atoms with Crippen LogP contribution in [-0.4, -0.2) is 32.0 Å². The molecule has 0 aliphatic carbocycles. The molecule has 1 aromatic carbocycles. The standard InChI is InChI=1S/C18H20N4O3S/c1-21-15-7-3-2-5-12(15)9-13(16(21)23)11-26-18-20-19-17(24)22(18)10-14-6-4-8-25-14/h2-3,5,7,9,14H,4,6,8,10-11H2,1H3,(H,19,24). The van der Waals surface area contributed by atoms with Crippen LogP contribution in [0.1, 0.15) is 18.4 Å². The van der Waals surface area contributed by atoms with E-state index in [0.29, 0.717) is 23.0 Å². The third-order valence-electron chi connectivity index (χ3n) is 4.70. The summed E-state index contributed by atoms with van der Waals surface area (Å²) in [4.78, 5) is 24.7. The summed E-state index contributed by atoms with van der Waals surface area (Å²) in [6.07, 6.45) is 2.03. The Morgan fingerprint density at radius 2 is 2.19 bits per heavy atom. The molecule has 3 aromatic rings. The molecule has 1 aliphatic heterocycles. The van der Waals surface area contributed by atoms with Crippen molar-refractivity contribution in [2.75, 3.05) is 6.61 Å². The minimum absolute atomic E-state index is 0.0280. The molecule has 136 valence electrons. The Morgan fingerprint density at radius 3 is 3.00 bits per heavy atom. The van der Waals surface area contributed by atoms with Gasteiger partial charge in [0.05, 0.1) is 18.2 Å². The first-order chi connectivity index (χ1) is 12.6. The Labute approximate surface area is 154 Å². The molecule has 7 nitrogen and oxygen atoms in total. The fourth-order valence-corrected chi connectivity index (χ4v) is 4.22. The normalized spacial score (nSPS) is 17.2. The number of nitrogens with one attached hydrogen (secondary N) is 1. The van der Waals surface area contributed by atoms with Crippen LogP contribution in [0, 0.1) is 0 Å². The SMILES string of the molecule is Cn1c(=O)c(CSc2n[nH]c(=O)n2CC2CCCO2)cc2ccccc21. The van der Waals surface area contributed by atoms with Crippen molar-refractivity contribution in [3.63, 3.8) is 0 Å². The smallest absolute Gasteiger partial charge is 0.344 e. The molecule has 2 aromatic heterocycles. The summed E-state index contributed by atoms with van der Waals surface area (Å²) in [5, 5.41) is 8.21. The van der Waals surface area contributed by atoms with E-state index >= 15 is 0 Å². The van der Waals surface area contributed by atoms with E-state index in [-0.39, 0.29) is 17.4 Å². The largest absolute Gasteiger partial charge is 0.376 e. The van der Waals surface area contributed by atoms with Gasteiger partial charge in [-0.05, 0) is 30.4 Å². The molecule has 26 heavy (non-hydrogen) atoms. The molecular weight excluding hydrogens is 352 g/mol.